The number of carboxylic acids is 1. The summed E-state index contributed by atoms with van der Waals surface area (Å²) in [5, 5.41) is 9.82. The summed E-state index contributed by atoms with van der Waals surface area (Å²) in [6, 6.07) is 15.3. The molecule has 100 valence electrons. The molecule has 0 aliphatic carbocycles. The molecule has 0 amide bonds. The van der Waals surface area contributed by atoms with E-state index in [1.165, 1.54) is 0 Å². The van der Waals surface area contributed by atoms with Crippen LogP contribution in [0, 0.1) is 0 Å². The van der Waals surface area contributed by atoms with Gasteiger partial charge in [0.25, 0.3) is 0 Å². The maximum Gasteiger partial charge on any atom is 0.307 e. The number of carboxylic acid groups (broad SMARTS) is 1. The number of para-hydroxylation sites is 1. The van der Waals surface area contributed by atoms with Gasteiger partial charge >= 0.3 is 5.97 Å². The summed E-state index contributed by atoms with van der Waals surface area (Å²) < 4.78 is 6.36. The molecule has 0 aliphatic heterocycles. The SMILES string of the molecule is O=C(O)Cc1ccc(-c2c(Br)oc3ccccc23)cc1. The first kappa shape index (κ1) is 12.9. The van der Waals surface area contributed by atoms with Crippen LogP contribution < -0.4 is 0 Å². The zero-order valence-electron chi connectivity index (χ0n) is 10.5. The second kappa shape index (κ2) is 5.13. The van der Waals surface area contributed by atoms with Gasteiger partial charge in [-0.3, -0.25) is 4.79 Å². The lowest BCUT2D eigenvalue weighted by atomic mass is 10.0. The van der Waals surface area contributed by atoms with Crippen molar-refractivity contribution in [2.24, 2.45) is 0 Å². The lowest BCUT2D eigenvalue weighted by Crippen LogP contribution is -1.99. The normalized spacial score (nSPS) is 10.8. The Morgan fingerprint density at radius 1 is 1.10 bits per heavy atom. The number of hydrogen-bond acceptors (Lipinski definition) is 2. The molecular formula is C16H11BrO3. The highest BCUT2D eigenvalue weighted by atomic mass is 79.9. The van der Waals surface area contributed by atoms with Crippen LogP contribution in [0.4, 0.5) is 0 Å². The van der Waals surface area contributed by atoms with Crippen molar-refractivity contribution in [2.45, 2.75) is 6.42 Å². The first-order valence-electron chi connectivity index (χ1n) is 6.13. The van der Waals surface area contributed by atoms with E-state index in [9.17, 15) is 4.79 Å². The van der Waals surface area contributed by atoms with Crippen LogP contribution in [0.15, 0.2) is 57.6 Å². The van der Waals surface area contributed by atoms with Crippen LogP contribution in [0.2, 0.25) is 0 Å². The van der Waals surface area contributed by atoms with Gasteiger partial charge < -0.3 is 9.52 Å². The fraction of sp³-hybridized carbons (Fsp3) is 0.0625. The largest absolute Gasteiger partial charge is 0.481 e. The summed E-state index contributed by atoms with van der Waals surface area (Å²) in [6.07, 6.45) is 0.0353. The number of carbonyl (C=O) groups is 1. The number of benzene rings is 2. The molecule has 0 aliphatic rings. The Morgan fingerprint density at radius 2 is 1.80 bits per heavy atom. The topological polar surface area (TPSA) is 50.4 Å². The third-order valence-corrected chi connectivity index (χ3v) is 3.71. The molecule has 0 saturated heterocycles. The standard InChI is InChI=1S/C16H11BrO3/c17-16-15(12-3-1-2-4-13(12)20-16)11-7-5-10(6-8-11)9-14(18)19/h1-8H,9H2,(H,18,19). The summed E-state index contributed by atoms with van der Waals surface area (Å²) in [4.78, 5) is 10.7. The smallest absolute Gasteiger partial charge is 0.307 e. The van der Waals surface area contributed by atoms with Gasteiger partial charge in [0.05, 0.1) is 6.42 Å². The molecule has 2 aromatic carbocycles. The molecule has 4 heteroatoms. The Morgan fingerprint density at radius 3 is 2.50 bits per heavy atom. The maximum atomic E-state index is 10.7. The van der Waals surface area contributed by atoms with E-state index in [0.29, 0.717) is 4.67 Å². The van der Waals surface area contributed by atoms with E-state index in [-0.39, 0.29) is 6.42 Å². The molecule has 20 heavy (non-hydrogen) atoms. The van der Waals surface area contributed by atoms with Crippen LogP contribution in [0.1, 0.15) is 5.56 Å². The Hall–Kier alpha value is -2.07. The number of halogens is 1. The second-order valence-electron chi connectivity index (χ2n) is 4.51. The van der Waals surface area contributed by atoms with Crippen LogP contribution in [0.25, 0.3) is 22.1 Å². The van der Waals surface area contributed by atoms with Crippen LogP contribution in [0.3, 0.4) is 0 Å². The number of fused-ring (bicyclic) bond motifs is 1. The van der Waals surface area contributed by atoms with Crippen molar-refractivity contribution < 1.29 is 14.3 Å². The minimum absolute atomic E-state index is 0.0353. The van der Waals surface area contributed by atoms with E-state index in [0.717, 1.165) is 27.7 Å². The molecule has 0 saturated carbocycles. The second-order valence-corrected chi connectivity index (χ2v) is 5.23. The van der Waals surface area contributed by atoms with Gasteiger partial charge in [0.15, 0.2) is 4.67 Å². The van der Waals surface area contributed by atoms with E-state index < -0.39 is 5.97 Å². The molecule has 1 N–H and O–H groups in total. The van der Waals surface area contributed by atoms with Crippen molar-refractivity contribution in [1.29, 1.82) is 0 Å². The highest BCUT2D eigenvalue weighted by Crippen LogP contribution is 2.38. The molecule has 0 fully saturated rings. The lowest BCUT2D eigenvalue weighted by Gasteiger charge is -2.02. The number of aliphatic carboxylic acids is 1. The van der Waals surface area contributed by atoms with Crippen molar-refractivity contribution in [3.8, 4) is 11.1 Å². The van der Waals surface area contributed by atoms with Crippen LogP contribution in [-0.4, -0.2) is 11.1 Å². The zero-order chi connectivity index (χ0) is 14.1. The van der Waals surface area contributed by atoms with E-state index in [1.807, 2.05) is 48.5 Å². The molecule has 0 bridgehead atoms. The molecule has 3 nitrogen and oxygen atoms in total. The highest BCUT2D eigenvalue weighted by molar-refractivity contribution is 9.10. The average molecular weight is 331 g/mol. The molecular weight excluding hydrogens is 320 g/mol. The summed E-state index contributed by atoms with van der Waals surface area (Å²) in [5.41, 5.74) is 3.59. The summed E-state index contributed by atoms with van der Waals surface area (Å²) in [6.45, 7) is 0. The Balaban J connectivity index is 2.07. The van der Waals surface area contributed by atoms with E-state index in [2.05, 4.69) is 15.9 Å². The van der Waals surface area contributed by atoms with Crippen molar-refractivity contribution in [3.63, 3.8) is 0 Å². The quantitative estimate of drug-likeness (QED) is 0.769. The van der Waals surface area contributed by atoms with E-state index in [4.69, 9.17) is 9.52 Å². The van der Waals surface area contributed by atoms with Gasteiger partial charge in [0.1, 0.15) is 5.58 Å². The Bertz CT molecular complexity index is 772. The number of hydrogen-bond donors (Lipinski definition) is 1. The third kappa shape index (κ3) is 2.34. The van der Waals surface area contributed by atoms with Crippen molar-refractivity contribution >= 4 is 32.9 Å². The maximum absolute atomic E-state index is 10.7. The summed E-state index contributed by atoms with van der Waals surface area (Å²) in [5.74, 6) is -0.826. The molecule has 0 atom stereocenters. The van der Waals surface area contributed by atoms with Gasteiger partial charge in [-0.25, -0.2) is 0 Å². The van der Waals surface area contributed by atoms with Gasteiger partial charge in [-0.15, -0.1) is 0 Å². The van der Waals surface area contributed by atoms with Gasteiger partial charge in [-0.1, -0.05) is 42.5 Å². The highest BCUT2D eigenvalue weighted by Gasteiger charge is 2.13. The molecule has 0 unspecified atom stereocenters. The molecule has 1 heterocycles. The van der Waals surface area contributed by atoms with E-state index >= 15 is 0 Å². The molecule has 0 radical (unpaired) electrons. The first-order valence-corrected chi connectivity index (χ1v) is 6.92. The lowest BCUT2D eigenvalue weighted by molar-refractivity contribution is -0.136. The fourth-order valence-electron chi connectivity index (χ4n) is 2.25. The monoisotopic (exact) mass is 330 g/mol. The van der Waals surface area contributed by atoms with E-state index in [1.54, 1.807) is 0 Å². The predicted octanol–water partition coefficient (Wildman–Crippen LogP) is 4.49. The minimum atomic E-state index is -0.826. The molecule has 3 aromatic rings. The number of rotatable bonds is 3. The number of furan rings is 1. The Labute approximate surface area is 124 Å². The molecule has 0 spiro atoms. The average Bonchev–Trinajstić information content (AvgIpc) is 2.75. The summed E-state index contributed by atoms with van der Waals surface area (Å²) in [7, 11) is 0. The Kier molecular flexibility index (Phi) is 3.32. The summed E-state index contributed by atoms with van der Waals surface area (Å²) >= 11 is 3.44. The van der Waals surface area contributed by atoms with Gasteiger partial charge in [-0.2, -0.15) is 0 Å². The predicted molar refractivity (Wildman–Crippen MR) is 80.7 cm³/mol. The zero-order valence-corrected chi connectivity index (χ0v) is 12.1. The van der Waals surface area contributed by atoms with Crippen LogP contribution in [-0.2, 0) is 11.2 Å². The van der Waals surface area contributed by atoms with Gasteiger partial charge in [0.2, 0.25) is 0 Å². The molecule has 3 rings (SSSR count). The van der Waals surface area contributed by atoms with Crippen molar-refractivity contribution in [1.82, 2.24) is 0 Å². The third-order valence-electron chi connectivity index (χ3n) is 3.15. The van der Waals surface area contributed by atoms with Gasteiger partial charge in [-0.05, 0) is 33.1 Å². The van der Waals surface area contributed by atoms with Crippen LogP contribution >= 0.6 is 15.9 Å². The minimum Gasteiger partial charge on any atom is -0.481 e. The van der Waals surface area contributed by atoms with Crippen molar-refractivity contribution in [2.75, 3.05) is 0 Å². The van der Waals surface area contributed by atoms with Crippen molar-refractivity contribution in [3.05, 3.63) is 58.8 Å². The van der Waals surface area contributed by atoms with Gasteiger partial charge in [0, 0.05) is 10.9 Å². The fourth-order valence-corrected chi connectivity index (χ4v) is 2.87. The first-order chi connectivity index (χ1) is 9.65. The van der Waals surface area contributed by atoms with Crippen LogP contribution in [0.5, 0.6) is 0 Å². The molecule has 1 aromatic heterocycles.